The molecule has 0 aromatic heterocycles. The Morgan fingerprint density at radius 2 is 2.07 bits per heavy atom. The van der Waals surface area contributed by atoms with Crippen molar-refractivity contribution in [1.29, 1.82) is 0 Å². The molecule has 0 heterocycles. The van der Waals surface area contributed by atoms with Crippen LogP contribution in [0.2, 0.25) is 0 Å². The van der Waals surface area contributed by atoms with Crippen LogP contribution >= 0.6 is 11.6 Å². The van der Waals surface area contributed by atoms with E-state index in [1.165, 1.54) is 5.56 Å². The molecule has 0 bridgehead atoms. The number of nitrogens with one attached hydrogen (secondary N) is 1. The van der Waals surface area contributed by atoms with E-state index in [0.717, 1.165) is 13.1 Å². The summed E-state index contributed by atoms with van der Waals surface area (Å²) in [7, 11) is 0. The molecule has 0 fully saturated rings. The van der Waals surface area contributed by atoms with Crippen molar-refractivity contribution < 1.29 is 0 Å². The Bertz CT molecular complexity index is 269. The largest absolute Gasteiger partial charge is 0.313 e. The minimum atomic E-state index is 0.542. The molecule has 0 amide bonds. The number of hydrogen-bond acceptors (Lipinski definition) is 1. The third-order valence-electron chi connectivity index (χ3n) is 2.17. The Labute approximate surface area is 90.8 Å². The van der Waals surface area contributed by atoms with Gasteiger partial charge in [-0.05, 0) is 11.5 Å². The zero-order valence-corrected chi connectivity index (χ0v) is 9.17. The molecule has 0 aliphatic rings. The average molecular weight is 210 g/mol. The van der Waals surface area contributed by atoms with E-state index in [1.54, 1.807) is 5.54 Å². The minimum absolute atomic E-state index is 0.542. The van der Waals surface area contributed by atoms with Crippen molar-refractivity contribution in [3.63, 3.8) is 0 Å². The van der Waals surface area contributed by atoms with Gasteiger partial charge in [-0.2, -0.15) is 0 Å². The van der Waals surface area contributed by atoms with Crippen LogP contribution in [0.15, 0.2) is 41.9 Å². The van der Waals surface area contributed by atoms with Crippen molar-refractivity contribution in [3.8, 4) is 0 Å². The van der Waals surface area contributed by atoms with Crippen LogP contribution in [0.25, 0.3) is 0 Å². The number of hydrogen-bond donors (Lipinski definition) is 1. The summed E-state index contributed by atoms with van der Waals surface area (Å²) in [5, 5.41) is 3.31. The van der Waals surface area contributed by atoms with Gasteiger partial charge in [0.15, 0.2) is 0 Å². The standard InChI is InChI=1S/C12H16ClN/c1-11(10-14-9-5-8-13)12-6-3-2-4-7-12/h2-8,11,14H,9-10H2,1H3/b8-5+. The van der Waals surface area contributed by atoms with Crippen LogP contribution in [-0.2, 0) is 0 Å². The lowest BCUT2D eigenvalue weighted by Crippen LogP contribution is -2.19. The molecule has 2 heteroatoms. The molecule has 0 aliphatic carbocycles. The van der Waals surface area contributed by atoms with E-state index in [0.29, 0.717) is 5.92 Å². The Hall–Kier alpha value is -0.790. The molecule has 1 nitrogen and oxygen atoms in total. The van der Waals surface area contributed by atoms with Crippen molar-refractivity contribution in [2.75, 3.05) is 13.1 Å². The SMILES string of the molecule is CC(CNC/C=C/Cl)c1ccccc1. The van der Waals surface area contributed by atoms with E-state index in [1.807, 2.05) is 12.1 Å². The molecule has 0 saturated carbocycles. The first-order chi connectivity index (χ1) is 6.84. The van der Waals surface area contributed by atoms with Gasteiger partial charge in [0.05, 0.1) is 0 Å². The molecular weight excluding hydrogens is 194 g/mol. The maximum absolute atomic E-state index is 5.41. The summed E-state index contributed by atoms with van der Waals surface area (Å²) in [5.74, 6) is 0.542. The highest BCUT2D eigenvalue weighted by Gasteiger charge is 2.02. The van der Waals surface area contributed by atoms with Gasteiger partial charge in [0.25, 0.3) is 0 Å². The molecule has 14 heavy (non-hydrogen) atoms. The van der Waals surface area contributed by atoms with Crippen LogP contribution in [0.5, 0.6) is 0 Å². The summed E-state index contributed by atoms with van der Waals surface area (Å²) in [6.07, 6.45) is 1.90. The maximum Gasteiger partial charge on any atom is 0.0146 e. The maximum atomic E-state index is 5.41. The van der Waals surface area contributed by atoms with E-state index >= 15 is 0 Å². The van der Waals surface area contributed by atoms with Gasteiger partial charge in [-0.1, -0.05) is 54.9 Å². The predicted octanol–water partition coefficient (Wildman–Crippen LogP) is 3.13. The molecule has 0 spiro atoms. The molecule has 0 saturated heterocycles. The van der Waals surface area contributed by atoms with Gasteiger partial charge in [0.1, 0.15) is 0 Å². The highest BCUT2D eigenvalue weighted by atomic mass is 35.5. The number of rotatable bonds is 5. The van der Waals surface area contributed by atoms with E-state index in [9.17, 15) is 0 Å². The topological polar surface area (TPSA) is 12.0 Å². The number of halogens is 1. The molecule has 0 aliphatic heterocycles. The highest BCUT2D eigenvalue weighted by molar-refractivity contribution is 6.25. The van der Waals surface area contributed by atoms with Crippen LogP contribution < -0.4 is 5.32 Å². The summed E-state index contributed by atoms with van der Waals surface area (Å²) in [5.41, 5.74) is 2.91. The van der Waals surface area contributed by atoms with E-state index < -0.39 is 0 Å². The second-order valence-corrected chi connectivity index (χ2v) is 3.58. The van der Waals surface area contributed by atoms with Crippen LogP contribution in [-0.4, -0.2) is 13.1 Å². The fourth-order valence-electron chi connectivity index (χ4n) is 1.33. The molecule has 1 atom stereocenters. The third kappa shape index (κ3) is 3.95. The van der Waals surface area contributed by atoms with Gasteiger partial charge in [-0.15, -0.1) is 0 Å². The van der Waals surface area contributed by atoms with Crippen molar-refractivity contribution >= 4 is 11.6 Å². The Kier molecular flexibility index (Phi) is 5.35. The lowest BCUT2D eigenvalue weighted by Gasteiger charge is -2.11. The van der Waals surface area contributed by atoms with Gasteiger partial charge in [-0.3, -0.25) is 0 Å². The smallest absolute Gasteiger partial charge is 0.0146 e. The van der Waals surface area contributed by atoms with Gasteiger partial charge in [-0.25, -0.2) is 0 Å². The van der Waals surface area contributed by atoms with Crippen molar-refractivity contribution in [3.05, 3.63) is 47.5 Å². The van der Waals surface area contributed by atoms with Crippen LogP contribution in [0.1, 0.15) is 18.4 Å². The van der Waals surface area contributed by atoms with E-state index in [4.69, 9.17) is 11.6 Å². The first-order valence-electron chi connectivity index (χ1n) is 4.85. The fraction of sp³-hybridized carbons (Fsp3) is 0.333. The molecule has 1 rings (SSSR count). The Morgan fingerprint density at radius 3 is 2.71 bits per heavy atom. The molecule has 1 aromatic rings. The lowest BCUT2D eigenvalue weighted by molar-refractivity contribution is 0.651. The summed E-state index contributed by atoms with van der Waals surface area (Å²) in [6.45, 7) is 4.03. The summed E-state index contributed by atoms with van der Waals surface area (Å²) < 4.78 is 0. The van der Waals surface area contributed by atoms with E-state index in [-0.39, 0.29) is 0 Å². The summed E-state index contributed by atoms with van der Waals surface area (Å²) in [6, 6.07) is 10.5. The second kappa shape index (κ2) is 6.63. The molecule has 1 aromatic carbocycles. The normalized spacial score (nSPS) is 13.3. The van der Waals surface area contributed by atoms with Gasteiger partial charge in [0.2, 0.25) is 0 Å². The Balaban J connectivity index is 2.32. The van der Waals surface area contributed by atoms with Crippen molar-refractivity contribution in [1.82, 2.24) is 5.32 Å². The third-order valence-corrected chi connectivity index (χ3v) is 2.35. The quantitative estimate of drug-likeness (QED) is 0.735. The molecule has 76 valence electrons. The zero-order valence-electron chi connectivity index (χ0n) is 8.41. The Morgan fingerprint density at radius 1 is 1.36 bits per heavy atom. The first-order valence-corrected chi connectivity index (χ1v) is 5.29. The molecule has 1 N–H and O–H groups in total. The van der Waals surface area contributed by atoms with Gasteiger partial charge in [0, 0.05) is 18.6 Å². The summed E-state index contributed by atoms with van der Waals surface area (Å²) >= 11 is 5.41. The first kappa shape index (κ1) is 11.3. The highest BCUT2D eigenvalue weighted by Crippen LogP contribution is 2.12. The predicted molar refractivity (Wildman–Crippen MR) is 62.7 cm³/mol. The molecule has 0 radical (unpaired) electrons. The summed E-state index contributed by atoms with van der Waals surface area (Å²) in [4.78, 5) is 0. The van der Waals surface area contributed by atoms with Crippen molar-refractivity contribution in [2.45, 2.75) is 12.8 Å². The van der Waals surface area contributed by atoms with Crippen molar-refractivity contribution in [2.24, 2.45) is 0 Å². The van der Waals surface area contributed by atoms with Crippen LogP contribution in [0.4, 0.5) is 0 Å². The zero-order chi connectivity index (χ0) is 10.2. The van der Waals surface area contributed by atoms with E-state index in [2.05, 4.69) is 36.5 Å². The second-order valence-electron chi connectivity index (χ2n) is 3.33. The lowest BCUT2D eigenvalue weighted by atomic mass is 10.0. The fourth-order valence-corrected chi connectivity index (χ4v) is 1.42. The average Bonchev–Trinajstić information content (AvgIpc) is 2.25. The monoisotopic (exact) mass is 209 g/mol. The molecule has 1 unspecified atom stereocenters. The van der Waals surface area contributed by atoms with Gasteiger partial charge < -0.3 is 5.32 Å². The van der Waals surface area contributed by atoms with Crippen LogP contribution in [0, 0.1) is 0 Å². The number of benzene rings is 1. The van der Waals surface area contributed by atoms with Crippen LogP contribution in [0.3, 0.4) is 0 Å². The molecular formula is C12H16ClN. The minimum Gasteiger partial charge on any atom is -0.313 e. The van der Waals surface area contributed by atoms with Gasteiger partial charge >= 0.3 is 0 Å².